The van der Waals surface area contributed by atoms with E-state index in [1.54, 1.807) is 79.4 Å². The van der Waals surface area contributed by atoms with Gasteiger partial charge in [0.05, 0.1) is 32.5 Å². The quantitative estimate of drug-likeness (QED) is 0.0639. The number of sulfonamides is 4. The highest BCUT2D eigenvalue weighted by Gasteiger charge is 2.42. The number of carbonyl (C=O) groups is 3. The van der Waals surface area contributed by atoms with Gasteiger partial charge in [-0.2, -0.15) is 4.31 Å². The molecule has 99 heavy (non-hydrogen) atoms. The molecule has 6 aliphatic rings. The number of piperazine rings is 2. The molecule has 9 heterocycles. The van der Waals surface area contributed by atoms with Crippen LogP contribution in [0, 0.1) is 5.82 Å². The third-order valence-corrected chi connectivity index (χ3v) is 26.7. The molecule has 0 bridgehead atoms. The first-order chi connectivity index (χ1) is 47.5. The van der Waals surface area contributed by atoms with E-state index in [0.717, 1.165) is 63.4 Å². The maximum absolute atomic E-state index is 13.2. The van der Waals surface area contributed by atoms with Gasteiger partial charge in [0.2, 0.25) is 27.7 Å². The molecule has 0 unspecified atom stereocenters. The van der Waals surface area contributed by atoms with Gasteiger partial charge in [-0.05, 0) is 153 Å². The van der Waals surface area contributed by atoms with Crippen molar-refractivity contribution in [1.82, 2.24) is 29.1 Å². The molecule has 6 aliphatic heterocycles. The summed E-state index contributed by atoms with van der Waals surface area (Å²) in [6.07, 6.45) is 9.03. The van der Waals surface area contributed by atoms with Crippen LogP contribution in [-0.2, 0) is 60.9 Å². The summed E-state index contributed by atoms with van der Waals surface area (Å²) in [4.78, 5) is 65.4. The SMILES string of the molecule is CCCCS(=O)(=O)N1CCN([C@H]2CCN(c3ccc(S(=O)(=O)Nc4nccs4)cc3)C2=O)CC1.O=C1[C@@H](N2CCN(c3ccc(F)cc3)CC2)CCN1c1ccc(S(=O)(=O)Nc2nccs2)cc1.O=C1[C@@H](N2CCc3cc(Cl)ccc32)CCN1c1ccc(S(=O)(=O)Nc2nccs2)cc1.[HH].[HH].[HH].[HH].[HH].[HH]. The summed E-state index contributed by atoms with van der Waals surface area (Å²) < 4.78 is 122. The number of halogens is 2. The Hall–Kier alpha value is -7.70. The van der Waals surface area contributed by atoms with Crippen LogP contribution in [0.25, 0.3) is 0 Å². The normalized spacial score (nSPS) is 19.6. The minimum atomic E-state index is -3.76. The highest BCUT2D eigenvalue weighted by Crippen LogP contribution is 2.37. The molecule has 0 aliphatic carbocycles. The maximum Gasteiger partial charge on any atom is 0.263 e. The first-order valence-electron chi connectivity index (χ1n) is 32.1. The average Bonchev–Trinajstić information content (AvgIpc) is 1.64. The zero-order chi connectivity index (χ0) is 69.6. The van der Waals surface area contributed by atoms with Crippen molar-refractivity contribution in [2.24, 2.45) is 0 Å². The van der Waals surface area contributed by atoms with Gasteiger partial charge < -0.3 is 24.5 Å². The van der Waals surface area contributed by atoms with Crippen molar-refractivity contribution in [1.29, 1.82) is 0 Å². The van der Waals surface area contributed by atoms with E-state index >= 15 is 0 Å². The molecule has 8 aromatic rings. The summed E-state index contributed by atoms with van der Waals surface area (Å²) in [6, 6.07) is 30.5. The number of benzene rings is 5. The van der Waals surface area contributed by atoms with E-state index in [9.17, 15) is 52.4 Å². The minimum Gasteiger partial charge on any atom is -0.369 e. The Labute approximate surface area is 601 Å². The molecule has 5 aromatic carbocycles. The van der Waals surface area contributed by atoms with Gasteiger partial charge in [-0.3, -0.25) is 38.3 Å². The number of anilines is 8. The fourth-order valence-electron chi connectivity index (χ4n) is 12.9. The van der Waals surface area contributed by atoms with Crippen LogP contribution in [0.15, 0.2) is 165 Å². The Morgan fingerprint density at radius 3 is 1.29 bits per heavy atom. The molecule has 34 heteroatoms. The van der Waals surface area contributed by atoms with E-state index in [-0.39, 0.29) is 70.7 Å². The van der Waals surface area contributed by atoms with Crippen LogP contribution in [0.3, 0.4) is 0 Å². The zero-order valence-corrected chi connectivity index (χ0v) is 60.1. The number of thiazole rings is 3. The number of nitrogens with one attached hydrogen (secondary N) is 3. The number of unbranched alkanes of at least 4 members (excludes halogenated alkanes) is 1. The van der Waals surface area contributed by atoms with E-state index in [1.165, 1.54) is 111 Å². The molecule has 0 saturated carbocycles. The smallest absolute Gasteiger partial charge is 0.263 e. The number of nitrogens with zero attached hydrogens (tertiary/aromatic N) is 11. The molecule has 3 amide bonds. The van der Waals surface area contributed by atoms with Gasteiger partial charge in [0.25, 0.3) is 30.1 Å². The number of rotatable bonds is 20. The van der Waals surface area contributed by atoms with Crippen molar-refractivity contribution < 1.29 is 61.0 Å². The summed E-state index contributed by atoms with van der Waals surface area (Å²) in [5.74, 6) is -0.0598. The highest BCUT2D eigenvalue weighted by molar-refractivity contribution is 7.93. The molecule has 3 atom stereocenters. The fourth-order valence-corrected chi connectivity index (χ4v) is 20.1. The number of aromatic nitrogens is 3. The lowest BCUT2D eigenvalue weighted by molar-refractivity contribution is -0.122. The molecule has 25 nitrogen and oxygen atoms in total. The van der Waals surface area contributed by atoms with Crippen LogP contribution in [-0.4, -0.2) is 183 Å². The van der Waals surface area contributed by atoms with Crippen molar-refractivity contribution in [2.75, 3.05) is 123 Å². The molecule has 5 fully saturated rings. The van der Waals surface area contributed by atoms with Crippen LogP contribution < -0.4 is 38.7 Å². The third-order valence-electron chi connectivity index (χ3n) is 18.0. The topological polar surface area (TPSA) is 288 Å². The molecule has 536 valence electrons. The van der Waals surface area contributed by atoms with E-state index < -0.39 is 40.1 Å². The first kappa shape index (κ1) is 71.1. The lowest BCUT2D eigenvalue weighted by atomic mass is 10.1. The minimum absolute atomic E-state index is 0. The van der Waals surface area contributed by atoms with Gasteiger partial charge in [-0.1, -0.05) is 24.9 Å². The van der Waals surface area contributed by atoms with Crippen LogP contribution in [0.1, 0.15) is 53.2 Å². The highest BCUT2D eigenvalue weighted by atomic mass is 35.5. The predicted molar refractivity (Wildman–Crippen MR) is 398 cm³/mol. The zero-order valence-electron chi connectivity index (χ0n) is 53.6. The van der Waals surface area contributed by atoms with Crippen LogP contribution in [0.2, 0.25) is 5.02 Å². The lowest BCUT2D eigenvalue weighted by Crippen LogP contribution is -2.54. The monoisotopic (exact) mass is 1510 g/mol. The second kappa shape index (κ2) is 30.6. The second-order valence-corrected chi connectivity index (χ2v) is 34.3. The van der Waals surface area contributed by atoms with E-state index in [1.807, 2.05) is 25.1 Å². The Morgan fingerprint density at radius 2 is 0.889 bits per heavy atom. The molecule has 14 rings (SSSR count). The average molecular weight is 1520 g/mol. The van der Waals surface area contributed by atoms with Crippen molar-refractivity contribution >= 4 is 147 Å². The maximum atomic E-state index is 13.2. The second-order valence-electron chi connectivity index (χ2n) is 24.0. The first-order valence-corrected chi connectivity index (χ1v) is 41.1. The third kappa shape index (κ3) is 16.5. The van der Waals surface area contributed by atoms with Crippen molar-refractivity contribution in [3.63, 3.8) is 0 Å². The van der Waals surface area contributed by atoms with Gasteiger partial charge in [0.15, 0.2) is 15.4 Å². The standard InChI is InChI=1S/C23H24FN5O3S2.C21H19ClN4O3S2.C21H29N5O5S3.6H2/c24-17-1-3-18(4-2-17)27-12-14-28(15-13-27)21-9-11-29(22(21)30)19-5-7-20(8-6-19)34(31,32)26-23-25-10-16-33-23;22-15-1-6-18-14(13-15)7-10-26(18)19-8-11-25(20(19)27)16-2-4-17(5-3-16)31(28,29)24-21-23-9-12-30-21;1-2-3-16-33(28,29)25-13-11-24(12-14-25)19-8-10-26(20(19)27)17-4-6-18(7-5-17)34(30,31)23-21-22-9-15-32-21;;;;;;/h1-8,10,16,21H,9,11-15H2,(H,25,26);1-6,9,12-13,19H,7-8,10-11H2,(H,23,24);4-7,9,15,19H,2-3,8,10-14,16H2,1H3,(H,22,23);6*1H/t21-;2*19-;;;;;;/m000....../s1. The van der Waals surface area contributed by atoms with Crippen molar-refractivity contribution in [3.8, 4) is 0 Å². The van der Waals surface area contributed by atoms with Gasteiger partial charge >= 0.3 is 0 Å². The van der Waals surface area contributed by atoms with Gasteiger partial charge in [-0.15, -0.1) is 34.0 Å². The Morgan fingerprint density at radius 1 is 0.495 bits per heavy atom. The van der Waals surface area contributed by atoms with Crippen molar-refractivity contribution in [2.45, 2.75) is 78.3 Å². The largest absolute Gasteiger partial charge is 0.369 e. The number of hydrogen-bond acceptors (Lipinski definition) is 21. The van der Waals surface area contributed by atoms with Gasteiger partial charge in [0.1, 0.15) is 11.9 Å². The summed E-state index contributed by atoms with van der Waals surface area (Å²) >= 11 is 9.71. The molecule has 3 aromatic heterocycles. The number of fused-ring (bicyclic) bond motifs is 1. The van der Waals surface area contributed by atoms with Crippen LogP contribution >= 0.6 is 45.6 Å². The van der Waals surface area contributed by atoms with Crippen LogP contribution in [0.4, 0.5) is 48.2 Å². The molecule has 5 saturated heterocycles. The Kier molecular flexibility index (Phi) is 22.0. The van der Waals surface area contributed by atoms with E-state index in [2.05, 4.69) is 48.7 Å². The molecular formula is C65H84ClFN14O11S7. The van der Waals surface area contributed by atoms with Gasteiger partial charge in [0, 0.05) is 155 Å². The summed E-state index contributed by atoms with van der Waals surface area (Å²) in [6.45, 7) is 9.36. The number of carbonyl (C=O) groups excluding carboxylic acids is 3. The molecule has 3 N–H and O–H groups in total. The summed E-state index contributed by atoms with van der Waals surface area (Å²) in [5.41, 5.74) is 5.24. The number of amides is 3. The van der Waals surface area contributed by atoms with E-state index in [0.29, 0.717) is 103 Å². The van der Waals surface area contributed by atoms with Crippen LogP contribution in [0.5, 0.6) is 0 Å². The lowest BCUT2D eigenvalue weighted by Gasteiger charge is -2.38. The summed E-state index contributed by atoms with van der Waals surface area (Å²) in [5, 5.41) is 6.69. The number of hydrogen-bond donors (Lipinski definition) is 3. The predicted octanol–water partition coefficient (Wildman–Crippen LogP) is 10.0. The van der Waals surface area contributed by atoms with E-state index in [4.69, 9.17) is 11.6 Å². The summed E-state index contributed by atoms with van der Waals surface area (Å²) in [7, 11) is -14.5. The molecule has 0 spiro atoms. The van der Waals surface area contributed by atoms with Crippen molar-refractivity contribution in [3.05, 3.63) is 166 Å². The molecular weight excluding hydrogens is 1430 g/mol. The Bertz CT molecular complexity index is 4630. The molecule has 0 radical (unpaired) electrons. The Balaban J connectivity index is 0.000000240. The van der Waals surface area contributed by atoms with Gasteiger partial charge in [-0.25, -0.2) is 53.0 Å². The fraction of sp³-hybridized carbons (Fsp3) is 0.354.